The molecule has 4 heterocycles. The van der Waals surface area contributed by atoms with Crippen LogP contribution in [0.4, 0.5) is 10.2 Å². The molecule has 3 aromatic rings. The highest BCUT2D eigenvalue weighted by Gasteiger charge is 2.31. The van der Waals surface area contributed by atoms with Crippen LogP contribution in [-0.2, 0) is 6.54 Å². The molecule has 2 unspecified atom stereocenters. The first kappa shape index (κ1) is 22.0. The van der Waals surface area contributed by atoms with Crippen molar-refractivity contribution in [3.8, 4) is 5.69 Å². The second-order valence-electron chi connectivity index (χ2n) is 9.23. The Morgan fingerprint density at radius 1 is 1.15 bits per heavy atom. The molecule has 2 aliphatic heterocycles. The van der Waals surface area contributed by atoms with Gasteiger partial charge in [0.25, 0.3) is 0 Å². The van der Waals surface area contributed by atoms with Gasteiger partial charge in [-0.25, -0.2) is 14.1 Å². The predicted molar refractivity (Wildman–Crippen MR) is 128 cm³/mol. The molecule has 3 N–H and O–H groups in total. The van der Waals surface area contributed by atoms with Crippen LogP contribution in [0.2, 0.25) is 0 Å². The average Bonchev–Trinajstić information content (AvgIpc) is 3.28. The average molecular weight is 450 g/mol. The van der Waals surface area contributed by atoms with Crippen LogP contribution in [0.1, 0.15) is 37.1 Å². The van der Waals surface area contributed by atoms with Crippen LogP contribution in [0, 0.1) is 5.82 Å². The highest BCUT2D eigenvalue weighted by molar-refractivity contribution is 5.58. The predicted octanol–water partition coefficient (Wildman–Crippen LogP) is 2.87. The number of nitrogens with two attached hydrogens (primary N) is 1. The number of piperidine rings is 1. The largest absolute Gasteiger partial charge is 0.348 e. The smallest absolute Gasteiger partial charge is 0.155 e. The number of halogens is 1. The van der Waals surface area contributed by atoms with Gasteiger partial charge in [0, 0.05) is 57.2 Å². The first-order chi connectivity index (χ1) is 16.1. The van der Waals surface area contributed by atoms with Crippen LogP contribution in [0.15, 0.2) is 54.9 Å². The van der Waals surface area contributed by atoms with Gasteiger partial charge in [0.15, 0.2) is 5.82 Å². The minimum atomic E-state index is -0.230. The summed E-state index contributed by atoms with van der Waals surface area (Å²) in [6, 6.07) is 13.5. The third kappa shape index (κ3) is 4.93. The van der Waals surface area contributed by atoms with E-state index in [2.05, 4.69) is 34.2 Å². The normalized spacial score (nSPS) is 24.2. The Kier molecular flexibility index (Phi) is 6.39. The molecule has 33 heavy (non-hydrogen) atoms. The summed E-state index contributed by atoms with van der Waals surface area (Å²) in [4.78, 5) is 9.50. The van der Waals surface area contributed by atoms with E-state index >= 15 is 0 Å². The van der Waals surface area contributed by atoms with Gasteiger partial charge in [-0.05, 0) is 55.7 Å². The van der Waals surface area contributed by atoms with Gasteiger partial charge in [-0.1, -0.05) is 12.1 Å². The van der Waals surface area contributed by atoms with E-state index in [0.29, 0.717) is 6.04 Å². The Labute approximate surface area is 194 Å². The SMILES string of the molecule is C[C@H]1CN(Cc2ccn(-c3cccnc3N3CCC(N)CC3c3ccc(F)cc3)n2)CCN1. The van der Waals surface area contributed by atoms with Crippen molar-refractivity contribution in [2.24, 2.45) is 5.73 Å². The standard InChI is InChI=1S/C25H32FN7/c1-18-16-31(14-11-28-18)17-22-9-13-33(30-22)23-3-2-10-29-25(23)32-12-8-21(27)15-24(32)19-4-6-20(26)7-5-19/h2-7,9-10,13,18,21,24,28H,8,11-12,14-17,27H2,1H3/t18-,21?,24?/m0/s1. The lowest BCUT2D eigenvalue weighted by Crippen LogP contribution is -2.48. The molecule has 5 rings (SSSR count). The summed E-state index contributed by atoms with van der Waals surface area (Å²) >= 11 is 0. The Bertz CT molecular complexity index is 1070. The lowest BCUT2D eigenvalue weighted by Gasteiger charge is -2.40. The van der Waals surface area contributed by atoms with Crippen LogP contribution in [-0.4, -0.2) is 57.9 Å². The minimum Gasteiger partial charge on any atom is -0.348 e. The fraction of sp³-hybridized carbons (Fsp3) is 0.440. The molecule has 3 atom stereocenters. The van der Waals surface area contributed by atoms with Gasteiger partial charge in [-0.2, -0.15) is 5.10 Å². The molecule has 0 radical (unpaired) electrons. The molecule has 0 amide bonds. The second kappa shape index (κ2) is 9.59. The molecular formula is C25H32FN7. The van der Waals surface area contributed by atoms with E-state index in [0.717, 1.165) is 68.3 Å². The molecule has 2 fully saturated rings. The summed E-state index contributed by atoms with van der Waals surface area (Å²) in [6.07, 6.45) is 5.53. The van der Waals surface area contributed by atoms with Gasteiger partial charge in [-0.3, -0.25) is 4.90 Å². The number of hydrogen-bond acceptors (Lipinski definition) is 6. The molecule has 7 nitrogen and oxygen atoms in total. The van der Waals surface area contributed by atoms with E-state index in [4.69, 9.17) is 15.8 Å². The van der Waals surface area contributed by atoms with Crippen molar-refractivity contribution < 1.29 is 4.39 Å². The van der Waals surface area contributed by atoms with Crippen molar-refractivity contribution in [3.63, 3.8) is 0 Å². The third-order valence-electron chi connectivity index (χ3n) is 6.67. The maximum absolute atomic E-state index is 13.6. The molecule has 0 aliphatic carbocycles. The van der Waals surface area contributed by atoms with Crippen LogP contribution >= 0.6 is 0 Å². The van der Waals surface area contributed by atoms with E-state index in [1.54, 1.807) is 0 Å². The van der Waals surface area contributed by atoms with Crippen molar-refractivity contribution in [2.45, 2.75) is 44.4 Å². The number of benzene rings is 1. The maximum Gasteiger partial charge on any atom is 0.155 e. The summed E-state index contributed by atoms with van der Waals surface area (Å²) in [5.74, 6) is 0.649. The highest BCUT2D eigenvalue weighted by atomic mass is 19.1. The zero-order valence-corrected chi connectivity index (χ0v) is 19.1. The first-order valence-electron chi connectivity index (χ1n) is 11.8. The highest BCUT2D eigenvalue weighted by Crippen LogP contribution is 2.36. The van der Waals surface area contributed by atoms with E-state index in [-0.39, 0.29) is 17.9 Å². The zero-order valence-electron chi connectivity index (χ0n) is 19.1. The summed E-state index contributed by atoms with van der Waals surface area (Å²) in [7, 11) is 0. The number of anilines is 1. The lowest BCUT2D eigenvalue weighted by atomic mass is 9.92. The number of piperazine rings is 1. The molecule has 1 aromatic carbocycles. The summed E-state index contributed by atoms with van der Waals surface area (Å²) in [6.45, 7) is 6.91. The van der Waals surface area contributed by atoms with E-state index in [9.17, 15) is 4.39 Å². The van der Waals surface area contributed by atoms with Gasteiger partial charge in [0.1, 0.15) is 11.5 Å². The monoisotopic (exact) mass is 449 g/mol. The Balaban J connectivity index is 1.42. The van der Waals surface area contributed by atoms with Gasteiger partial charge in [-0.15, -0.1) is 0 Å². The molecule has 8 heteroatoms. The molecule has 2 aliphatic rings. The number of hydrogen-bond donors (Lipinski definition) is 2. The topological polar surface area (TPSA) is 75.2 Å². The summed E-state index contributed by atoms with van der Waals surface area (Å²) in [5, 5.41) is 8.38. The van der Waals surface area contributed by atoms with Gasteiger partial charge >= 0.3 is 0 Å². The fourth-order valence-electron chi connectivity index (χ4n) is 5.00. The Hall–Kier alpha value is -2.81. The van der Waals surface area contributed by atoms with Crippen molar-refractivity contribution in [1.82, 2.24) is 25.0 Å². The van der Waals surface area contributed by atoms with Crippen LogP contribution in [0.25, 0.3) is 5.69 Å². The van der Waals surface area contributed by atoms with Crippen molar-refractivity contribution in [2.75, 3.05) is 31.1 Å². The third-order valence-corrected chi connectivity index (χ3v) is 6.67. The van der Waals surface area contributed by atoms with E-state index in [1.165, 1.54) is 12.1 Å². The zero-order chi connectivity index (χ0) is 22.8. The van der Waals surface area contributed by atoms with Crippen molar-refractivity contribution >= 4 is 5.82 Å². The number of nitrogens with one attached hydrogen (secondary N) is 1. The molecule has 2 saturated heterocycles. The lowest BCUT2D eigenvalue weighted by molar-refractivity contribution is 0.197. The maximum atomic E-state index is 13.6. The summed E-state index contributed by atoms with van der Waals surface area (Å²) in [5.41, 5.74) is 9.38. The molecule has 2 aromatic heterocycles. The second-order valence-corrected chi connectivity index (χ2v) is 9.23. The number of aromatic nitrogens is 3. The number of rotatable bonds is 5. The fourth-order valence-corrected chi connectivity index (χ4v) is 5.00. The van der Waals surface area contributed by atoms with Gasteiger partial charge < -0.3 is 16.0 Å². The number of nitrogens with zero attached hydrogens (tertiary/aromatic N) is 5. The van der Waals surface area contributed by atoms with Crippen LogP contribution in [0.5, 0.6) is 0 Å². The van der Waals surface area contributed by atoms with E-state index < -0.39 is 0 Å². The van der Waals surface area contributed by atoms with Crippen molar-refractivity contribution in [1.29, 1.82) is 0 Å². The minimum absolute atomic E-state index is 0.0420. The number of pyridine rings is 1. The Morgan fingerprint density at radius 3 is 2.82 bits per heavy atom. The molecule has 0 spiro atoms. The molecule has 0 bridgehead atoms. The quantitative estimate of drug-likeness (QED) is 0.624. The van der Waals surface area contributed by atoms with Gasteiger partial charge in [0.2, 0.25) is 0 Å². The summed E-state index contributed by atoms with van der Waals surface area (Å²) < 4.78 is 15.5. The molecule has 174 valence electrons. The van der Waals surface area contributed by atoms with Crippen LogP contribution in [0.3, 0.4) is 0 Å². The van der Waals surface area contributed by atoms with Crippen molar-refractivity contribution in [3.05, 3.63) is 71.9 Å². The van der Waals surface area contributed by atoms with E-state index in [1.807, 2.05) is 35.3 Å². The molecular weight excluding hydrogens is 417 g/mol. The first-order valence-corrected chi connectivity index (χ1v) is 11.8. The Morgan fingerprint density at radius 2 is 2.00 bits per heavy atom. The van der Waals surface area contributed by atoms with Crippen LogP contribution < -0.4 is 16.0 Å². The molecule has 0 saturated carbocycles. The van der Waals surface area contributed by atoms with Gasteiger partial charge in [0.05, 0.1) is 11.7 Å².